The molecule has 0 aliphatic rings. The molecule has 1 unspecified atom stereocenters. The Bertz CT molecular complexity index is 664. The standard InChI is InChI=1S/C15H12Cl2FNO2/c1-9(21-12-4-2-3-10(16)7-12)15(20)19-14-6-5-11(18)8-13(14)17/h2-9H,1H3,(H,19,20). The first-order valence-corrected chi connectivity index (χ1v) is 6.89. The Balaban J connectivity index is 2.02. The molecule has 0 saturated carbocycles. The molecule has 0 bridgehead atoms. The van der Waals surface area contributed by atoms with Gasteiger partial charge in [-0.05, 0) is 43.3 Å². The molecule has 3 nitrogen and oxygen atoms in total. The van der Waals surface area contributed by atoms with Crippen molar-refractivity contribution in [2.75, 3.05) is 5.32 Å². The number of anilines is 1. The minimum Gasteiger partial charge on any atom is -0.481 e. The molecule has 1 N–H and O–H groups in total. The molecule has 0 saturated heterocycles. The van der Waals surface area contributed by atoms with Crippen LogP contribution in [-0.2, 0) is 4.79 Å². The average molecular weight is 328 g/mol. The predicted molar refractivity (Wildman–Crippen MR) is 81.6 cm³/mol. The molecule has 2 aromatic carbocycles. The van der Waals surface area contributed by atoms with Gasteiger partial charge in [-0.1, -0.05) is 29.3 Å². The normalized spacial score (nSPS) is 11.8. The van der Waals surface area contributed by atoms with E-state index in [0.29, 0.717) is 16.5 Å². The second kappa shape index (κ2) is 6.78. The smallest absolute Gasteiger partial charge is 0.265 e. The van der Waals surface area contributed by atoms with Crippen LogP contribution >= 0.6 is 23.2 Å². The Kier molecular flexibility index (Phi) is 5.04. The third kappa shape index (κ3) is 4.34. The molecule has 6 heteroatoms. The lowest BCUT2D eigenvalue weighted by Gasteiger charge is -2.15. The van der Waals surface area contributed by atoms with Crippen LogP contribution in [0, 0.1) is 5.82 Å². The minimum absolute atomic E-state index is 0.123. The third-order valence-corrected chi connectivity index (χ3v) is 3.21. The van der Waals surface area contributed by atoms with E-state index in [1.54, 1.807) is 31.2 Å². The van der Waals surface area contributed by atoms with Gasteiger partial charge in [-0.15, -0.1) is 0 Å². The lowest BCUT2D eigenvalue weighted by atomic mass is 10.3. The van der Waals surface area contributed by atoms with E-state index in [4.69, 9.17) is 27.9 Å². The monoisotopic (exact) mass is 327 g/mol. The molecular formula is C15H12Cl2FNO2. The van der Waals surface area contributed by atoms with E-state index in [2.05, 4.69) is 5.32 Å². The summed E-state index contributed by atoms with van der Waals surface area (Å²) in [5.41, 5.74) is 0.324. The SMILES string of the molecule is CC(Oc1cccc(Cl)c1)C(=O)Nc1ccc(F)cc1Cl. The molecule has 2 rings (SSSR count). The highest BCUT2D eigenvalue weighted by atomic mass is 35.5. The highest BCUT2D eigenvalue weighted by Crippen LogP contribution is 2.23. The van der Waals surface area contributed by atoms with Gasteiger partial charge in [0.2, 0.25) is 0 Å². The van der Waals surface area contributed by atoms with Gasteiger partial charge in [-0.25, -0.2) is 4.39 Å². The largest absolute Gasteiger partial charge is 0.481 e. The van der Waals surface area contributed by atoms with Gasteiger partial charge < -0.3 is 10.1 Å². The van der Waals surface area contributed by atoms with Crippen LogP contribution in [0.4, 0.5) is 10.1 Å². The summed E-state index contributed by atoms with van der Waals surface area (Å²) >= 11 is 11.7. The van der Waals surface area contributed by atoms with Crippen LogP contribution in [0.1, 0.15) is 6.92 Å². The van der Waals surface area contributed by atoms with E-state index in [-0.39, 0.29) is 5.02 Å². The zero-order valence-corrected chi connectivity index (χ0v) is 12.6. The fourth-order valence-electron chi connectivity index (χ4n) is 1.62. The van der Waals surface area contributed by atoms with Crippen molar-refractivity contribution in [3.8, 4) is 5.75 Å². The summed E-state index contributed by atoms with van der Waals surface area (Å²) in [4.78, 5) is 12.0. The first-order valence-electron chi connectivity index (χ1n) is 6.14. The van der Waals surface area contributed by atoms with E-state index in [1.807, 2.05) is 0 Å². The van der Waals surface area contributed by atoms with Crippen molar-refractivity contribution >= 4 is 34.8 Å². The number of nitrogens with one attached hydrogen (secondary N) is 1. The lowest BCUT2D eigenvalue weighted by Crippen LogP contribution is -2.30. The molecule has 2 aromatic rings. The van der Waals surface area contributed by atoms with Crippen molar-refractivity contribution in [1.29, 1.82) is 0 Å². The first kappa shape index (κ1) is 15.6. The summed E-state index contributed by atoms with van der Waals surface area (Å²) in [6, 6.07) is 10.5. The zero-order valence-electron chi connectivity index (χ0n) is 11.1. The quantitative estimate of drug-likeness (QED) is 0.895. The van der Waals surface area contributed by atoms with E-state index >= 15 is 0 Å². The summed E-state index contributed by atoms with van der Waals surface area (Å²) in [5, 5.41) is 3.22. The zero-order chi connectivity index (χ0) is 15.4. The van der Waals surface area contributed by atoms with Crippen molar-refractivity contribution in [3.63, 3.8) is 0 Å². The van der Waals surface area contributed by atoms with Crippen molar-refractivity contribution in [2.45, 2.75) is 13.0 Å². The number of halogens is 3. The van der Waals surface area contributed by atoms with Crippen LogP contribution in [0.5, 0.6) is 5.75 Å². The molecule has 0 spiro atoms. The number of amides is 1. The molecule has 21 heavy (non-hydrogen) atoms. The Hall–Kier alpha value is -1.78. The molecular weight excluding hydrogens is 316 g/mol. The van der Waals surface area contributed by atoms with Crippen LogP contribution in [0.2, 0.25) is 10.0 Å². The lowest BCUT2D eigenvalue weighted by molar-refractivity contribution is -0.122. The predicted octanol–water partition coefficient (Wildman–Crippen LogP) is 4.54. The Morgan fingerprint density at radius 3 is 2.67 bits per heavy atom. The third-order valence-electron chi connectivity index (χ3n) is 2.67. The minimum atomic E-state index is -0.760. The number of rotatable bonds is 4. The number of hydrogen-bond acceptors (Lipinski definition) is 2. The summed E-state index contributed by atoms with van der Waals surface area (Å²) in [7, 11) is 0. The molecule has 1 amide bonds. The van der Waals surface area contributed by atoms with Gasteiger partial charge in [0.05, 0.1) is 10.7 Å². The number of carbonyl (C=O) groups excluding carboxylic acids is 1. The van der Waals surface area contributed by atoms with E-state index in [0.717, 1.165) is 6.07 Å². The number of carbonyl (C=O) groups is 1. The topological polar surface area (TPSA) is 38.3 Å². The van der Waals surface area contributed by atoms with E-state index < -0.39 is 17.8 Å². The van der Waals surface area contributed by atoms with Gasteiger partial charge in [-0.2, -0.15) is 0 Å². The molecule has 0 radical (unpaired) electrons. The molecule has 0 heterocycles. The highest BCUT2D eigenvalue weighted by Gasteiger charge is 2.16. The first-order chi connectivity index (χ1) is 9.95. The molecule has 1 atom stereocenters. The molecule has 0 fully saturated rings. The van der Waals surface area contributed by atoms with Gasteiger partial charge in [0.15, 0.2) is 6.10 Å². The summed E-state index contributed by atoms with van der Waals surface area (Å²) in [5.74, 6) is -0.389. The van der Waals surface area contributed by atoms with Crippen LogP contribution < -0.4 is 10.1 Å². The Labute approximate surface area is 131 Å². The van der Waals surface area contributed by atoms with Crippen LogP contribution in [-0.4, -0.2) is 12.0 Å². The van der Waals surface area contributed by atoms with Gasteiger partial charge in [0.25, 0.3) is 5.91 Å². The second-order valence-electron chi connectivity index (χ2n) is 4.33. The summed E-state index contributed by atoms with van der Waals surface area (Å²) in [6.07, 6.45) is -0.760. The summed E-state index contributed by atoms with van der Waals surface area (Å²) < 4.78 is 18.4. The maximum absolute atomic E-state index is 12.9. The molecule has 110 valence electrons. The fourth-order valence-corrected chi connectivity index (χ4v) is 2.02. The molecule has 0 aromatic heterocycles. The molecule has 0 aliphatic heterocycles. The van der Waals surface area contributed by atoms with Crippen molar-refractivity contribution in [2.24, 2.45) is 0 Å². The van der Waals surface area contributed by atoms with Gasteiger partial charge >= 0.3 is 0 Å². The average Bonchev–Trinajstić information content (AvgIpc) is 2.41. The van der Waals surface area contributed by atoms with Gasteiger partial charge in [0.1, 0.15) is 11.6 Å². The Morgan fingerprint density at radius 1 is 1.24 bits per heavy atom. The van der Waals surface area contributed by atoms with Crippen molar-refractivity contribution < 1.29 is 13.9 Å². The highest BCUT2D eigenvalue weighted by molar-refractivity contribution is 6.33. The van der Waals surface area contributed by atoms with Crippen LogP contribution in [0.25, 0.3) is 0 Å². The van der Waals surface area contributed by atoms with E-state index in [9.17, 15) is 9.18 Å². The second-order valence-corrected chi connectivity index (χ2v) is 5.17. The number of ether oxygens (including phenoxy) is 1. The fraction of sp³-hybridized carbons (Fsp3) is 0.133. The van der Waals surface area contributed by atoms with Crippen LogP contribution in [0.15, 0.2) is 42.5 Å². The number of hydrogen-bond donors (Lipinski definition) is 1. The van der Waals surface area contributed by atoms with Crippen molar-refractivity contribution in [3.05, 3.63) is 58.3 Å². The number of benzene rings is 2. The maximum Gasteiger partial charge on any atom is 0.265 e. The molecule has 0 aliphatic carbocycles. The maximum atomic E-state index is 12.9. The van der Waals surface area contributed by atoms with E-state index in [1.165, 1.54) is 12.1 Å². The summed E-state index contributed by atoms with van der Waals surface area (Å²) in [6.45, 7) is 1.59. The van der Waals surface area contributed by atoms with Crippen LogP contribution in [0.3, 0.4) is 0 Å². The van der Waals surface area contributed by atoms with Gasteiger partial charge in [0, 0.05) is 5.02 Å². The van der Waals surface area contributed by atoms with Gasteiger partial charge in [-0.3, -0.25) is 4.79 Å². The Morgan fingerprint density at radius 2 is 2.00 bits per heavy atom. The van der Waals surface area contributed by atoms with Crippen molar-refractivity contribution in [1.82, 2.24) is 0 Å².